The van der Waals surface area contributed by atoms with Crippen LogP contribution in [0.15, 0.2) is 72.8 Å². The van der Waals surface area contributed by atoms with Gasteiger partial charge in [-0.15, -0.1) is 23.7 Å². The van der Waals surface area contributed by atoms with Gasteiger partial charge in [-0.2, -0.15) is 0 Å². The van der Waals surface area contributed by atoms with Crippen LogP contribution in [-0.4, -0.2) is 29.9 Å². The summed E-state index contributed by atoms with van der Waals surface area (Å²) in [6.45, 7) is 5.06. The third-order valence-corrected chi connectivity index (χ3v) is 6.36. The van der Waals surface area contributed by atoms with Crippen LogP contribution in [0.1, 0.15) is 33.0 Å². The molecule has 0 bridgehead atoms. The Labute approximate surface area is 183 Å². The molecule has 0 unspecified atom stereocenters. The second kappa shape index (κ2) is 10.1. The first-order valence-electron chi connectivity index (χ1n) is 9.92. The highest BCUT2D eigenvalue weighted by atomic mass is 35.5. The van der Waals surface area contributed by atoms with E-state index in [9.17, 15) is 4.79 Å². The normalized spacial score (nSPS) is 14.9. The van der Waals surface area contributed by atoms with Crippen molar-refractivity contribution in [3.05, 3.63) is 88.1 Å². The van der Waals surface area contributed by atoms with Gasteiger partial charge in [0.15, 0.2) is 0 Å². The van der Waals surface area contributed by atoms with Crippen LogP contribution in [0.5, 0.6) is 0 Å². The van der Waals surface area contributed by atoms with Gasteiger partial charge in [0.2, 0.25) is 0 Å². The molecular formula is C24H27ClN2OS. The summed E-state index contributed by atoms with van der Waals surface area (Å²) in [5, 5.41) is 0. The van der Waals surface area contributed by atoms with E-state index in [4.69, 9.17) is 0 Å². The Bertz CT molecular complexity index is 905. The molecule has 1 saturated heterocycles. The largest absolute Gasteiger partial charge is 0.305 e. The van der Waals surface area contributed by atoms with E-state index in [0.717, 1.165) is 43.0 Å². The van der Waals surface area contributed by atoms with Crippen molar-refractivity contribution < 1.29 is 4.79 Å². The summed E-state index contributed by atoms with van der Waals surface area (Å²) < 4.78 is 0. The molecule has 29 heavy (non-hydrogen) atoms. The molecule has 152 valence electrons. The number of rotatable bonds is 5. The number of hydrogen-bond acceptors (Lipinski definition) is 3. The van der Waals surface area contributed by atoms with Gasteiger partial charge >= 0.3 is 0 Å². The lowest BCUT2D eigenvalue weighted by Gasteiger charge is -2.38. The van der Waals surface area contributed by atoms with Gasteiger partial charge in [0.1, 0.15) is 0 Å². The van der Waals surface area contributed by atoms with Crippen molar-refractivity contribution in [2.75, 3.05) is 18.0 Å². The van der Waals surface area contributed by atoms with Crippen LogP contribution in [0.3, 0.4) is 0 Å². The number of carbonyl (C=O) groups excluding carboxylic acids is 1. The van der Waals surface area contributed by atoms with Gasteiger partial charge in [-0.1, -0.05) is 48.5 Å². The third kappa shape index (κ3) is 5.27. The van der Waals surface area contributed by atoms with Crippen molar-refractivity contribution >= 4 is 35.3 Å². The van der Waals surface area contributed by atoms with Crippen molar-refractivity contribution in [2.45, 2.75) is 32.4 Å². The van der Waals surface area contributed by atoms with Crippen LogP contribution >= 0.6 is 23.7 Å². The first-order valence-corrected chi connectivity index (χ1v) is 10.7. The third-order valence-electron chi connectivity index (χ3n) is 5.38. The first kappa shape index (κ1) is 21.6. The fourth-order valence-electron chi connectivity index (χ4n) is 3.93. The quantitative estimate of drug-likeness (QED) is 0.515. The number of amides is 1. The molecule has 1 fully saturated rings. The molecule has 2 aromatic carbocycles. The molecule has 1 aromatic heterocycles. The monoisotopic (exact) mass is 426 g/mol. The minimum absolute atomic E-state index is 0. The summed E-state index contributed by atoms with van der Waals surface area (Å²) in [6, 6.07) is 25.0. The molecule has 2 heterocycles. The summed E-state index contributed by atoms with van der Waals surface area (Å²) in [5.74, 6) is 0.130. The number of thiophene rings is 1. The van der Waals surface area contributed by atoms with Crippen LogP contribution in [0, 0.1) is 6.92 Å². The van der Waals surface area contributed by atoms with E-state index >= 15 is 0 Å². The van der Waals surface area contributed by atoms with Gasteiger partial charge in [0.25, 0.3) is 5.91 Å². The second-order valence-corrected chi connectivity index (χ2v) is 8.70. The molecule has 5 heteroatoms. The van der Waals surface area contributed by atoms with Crippen molar-refractivity contribution in [2.24, 2.45) is 0 Å². The molecule has 4 rings (SSSR count). The fraction of sp³-hybridized carbons (Fsp3) is 0.292. The number of likely N-dealkylation sites (tertiary alicyclic amines) is 1. The molecule has 0 spiro atoms. The summed E-state index contributed by atoms with van der Waals surface area (Å²) in [6.07, 6.45) is 2.00. The SMILES string of the molecule is Cc1ccc(C(=O)N(c2ccccc2)C2CCN(Cc3ccccc3)CC2)s1.Cl. The van der Waals surface area contributed by atoms with Crippen LogP contribution in [0.4, 0.5) is 5.69 Å². The van der Waals surface area contributed by atoms with E-state index in [-0.39, 0.29) is 24.4 Å². The lowest BCUT2D eigenvalue weighted by molar-refractivity contribution is 0.0962. The Balaban J connectivity index is 0.00000240. The highest BCUT2D eigenvalue weighted by Gasteiger charge is 2.30. The molecular weight excluding hydrogens is 400 g/mol. The van der Waals surface area contributed by atoms with E-state index < -0.39 is 0 Å². The van der Waals surface area contributed by atoms with Gasteiger partial charge in [-0.25, -0.2) is 0 Å². The number of benzene rings is 2. The number of carbonyl (C=O) groups is 1. The predicted molar refractivity (Wildman–Crippen MR) is 124 cm³/mol. The summed E-state index contributed by atoms with van der Waals surface area (Å²) in [5.41, 5.74) is 2.35. The number of halogens is 1. The van der Waals surface area contributed by atoms with Crippen LogP contribution < -0.4 is 4.90 Å². The number of para-hydroxylation sites is 1. The average molecular weight is 427 g/mol. The molecule has 0 saturated carbocycles. The highest BCUT2D eigenvalue weighted by molar-refractivity contribution is 7.14. The van der Waals surface area contributed by atoms with Crippen LogP contribution in [-0.2, 0) is 6.54 Å². The fourth-order valence-corrected chi connectivity index (χ4v) is 4.73. The maximum atomic E-state index is 13.4. The maximum Gasteiger partial charge on any atom is 0.268 e. The highest BCUT2D eigenvalue weighted by Crippen LogP contribution is 2.28. The Morgan fingerprint density at radius 1 is 0.966 bits per heavy atom. The number of nitrogens with zero attached hydrogens (tertiary/aromatic N) is 2. The zero-order valence-electron chi connectivity index (χ0n) is 16.7. The van der Waals surface area contributed by atoms with Gasteiger partial charge in [-0.3, -0.25) is 9.69 Å². The molecule has 0 N–H and O–H groups in total. The second-order valence-electron chi connectivity index (χ2n) is 7.41. The topological polar surface area (TPSA) is 23.6 Å². The number of hydrogen-bond donors (Lipinski definition) is 0. The average Bonchev–Trinajstić information content (AvgIpc) is 3.17. The maximum absolute atomic E-state index is 13.4. The zero-order valence-corrected chi connectivity index (χ0v) is 18.3. The van der Waals surface area contributed by atoms with E-state index in [0.29, 0.717) is 0 Å². The molecule has 1 amide bonds. The minimum Gasteiger partial charge on any atom is -0.305 e. The molecule has 3 nitrogen and oxygen atoms in total. The summed E-state index contributed by atoms with van der Waals surface area (Å²) >= 11 is 1.58. The zero-order chi connectivity index (χ0) is 19.3. The number of aryl methyl sites for hydroxylation is 1. The van der Waals surface area contributed by atoms with E-state index in [1.54, 1.807) is 11.3 Å². The molecule has 3 aromatic rings. The lowest BCUT2D eigenvalue weighted by atomic mass is 10.0. The van der Waals surface area contributed by atoms with Crippen LogP contribution in [0.2, 0.25) is 0 Å². The molecule has 0 aliphatic carbocycles. The van der Waals surface area contributed by atoms with Gasteiger partial charge in [0, 0.05) is 36.2 Å². The lowest BCUT2D eigenvalue weighted by Crippen LogP contribution is -2.47. The van der Waals surface area contributed by atoms with Crippen molar-refractivity contribution in [1.29, 1.82) is 0 Å². The molecule has 0 radical (unpaired) electrons. The van der Waals surface area contributed by atoms with E-state index in [1.807, 2.05) is 35.2 Å². The van der Waals surface area contributed by atoms with Crippen molar-refractivity contribution in [3.8, 4) is 0 Å². The Morgan fingerprint density at radius 3 is 2.17 bits per heavy atom. The Morgan fingerprint density at radius 2 is 1.59 bits per heavy atom. The van der Waals surface area contributed by atoms with E-state index in [2.05, 4.69) is 54.3 Å². The van der Waals surface area contributed by atoms with Crippen molar-refractivity contribution in [1.82, 2.24) is 4.90 Å². The number of anilines is 1. The molecule has 0 atom stereocenters. The van der Waals surface area contributed by atoms with Crippen LogP contribution in [0.25, 0.3) is 0 Å². The van der Waals surface area contributed by atoms with E-state index in [1.165, 1.54) is 10.4 Å². The predicted octanol–water partition coefficient (Wildman–Crippen LogP) is 5.79. The summed E-state index contributed by atoms with van der Waals surface area (Å²) in [4.78, 5) is 19.9. The number of piperidine rings is 1. The van der Waals surface area contributed by atoms with Gasteiger partial charge in [0.05, 0.1) is 4.88 Å². The summed E-state index contributed by atoms with van der Waals surface area (Å²) in [7, 11) is 0. The van der Waals surface area contributed by atoms with Gasteiger partial charge < -0.3 is 4.90 Å². The standard InChI is InChI=1S/C24H26N2OS.ClH/c1-19-12-13-23(28-19)24(27)26(21-10-6-3-7-11-21)22-14-16-25(17-15-22)18-20-8-4-2-5-9-20;/h2-13,22H,14-18H2,1H3;1H. The Kier molecular flexibility index (Phi) is 7.48. The molecule has 1 aliphatic rings. The Hall–Kier alpha value is -2.14. The van der Waals surface area contributed by atoms with Gasteiger partial charge in [-0.05, 0) is 49.6 Å². The smallest absolute Gasteiger partial charge is 0.268 e. The minimum atomic E-state index is 0. The molecule has 1 aliphatic heterocycles. The first-order chi connectivity index (χ1) is 13.7. The van der Waals surface area contributed by atoms with Crippen molar-refractivity contribution in [3.63, 3.8) is 0 Å².